The van der Waals surface area contributed by atoms with Gasteiger partial charge in [-0.3, -0.25) is 4.79 Å². The molecule has 1 N–H and O–H groups in total. The Hall–Kier alpha value is -1.27. The zero-order valence-electron chi connectivity index (χ0n) is 12.0. The summed E-state index contributed by atoms with van der Waals surface area (Å²) in [5.41, 5.74) is 0. The molecule has 0 aliphatic rings. The molecule has 118 valence electrons. The predicted octanol–water partition coefficient (Wildman–Crippen LogP) is 3.44. The van der Waals surface area contributed by atoms with Crippen molar-refractivity contribution >= 4 is 27.8 Å². The molecule has 0 aliphatic carbocycles. The van der Waals surface area contributed by atoms with Crippen LogP contribution in [0.3, 0.4) is 0 Å². The third-order valence-corrected chi connectivity index (χ3v) is 3.91. The van der Waals surface area contributed by atoms with Crippen LogP contribution in [-0.4, -0.2) is 14.3 Å². The number of hydrogen-bond donors (Lipinski definition) is 1. The predicted molar refractivity (Wildman–Crippen MR) is 82.5 cm³/mol. The van der Waals surface area contributed by atoms with Crippen LogP contribution in [0.5, 0.6) is 5.75 Å². The molecule has 7 heteroatoms. The smallest absolute Gasteiger partial charge is 0.367 e. The normalized spacial score (nSPS) is 11.1. The molecule has 0 unspecified atom stereocenters. The van der Waals surface area contributed by atoms with Crippen molar-refractivity contribution in [2.45, 2.75) is 45.4 Å². The van der Waals surface area contributed by atoms with Crippen LogP contribution in [0.2, 0.25) is 5.02 Å². The zero-order chi connectivity index (χ0) is 15.7. The molecule has 0 aliphatic heterocycles. The van der Waals surface area contributed by atoms with Gasteiger partial charge in [0, 0.05) is 11.4 Å². The molecule has 0 spiro atoms. The number of amides is 1. The number of unbranched alkanes of at least 4 members (excludes halogenated alkanes) is 4. The van der Waals surface area contributed by atoms with E-state index in [-0.39, 0.29) is 12.2 Å². The van der Waals surface area contributed by atoms with E-state index in [1.54, 1.807) is 0 Å². The van der Waals surface area contributed by atoms with Gasteiger partial charge in [-0.15, -0.1) is 0 Å². The Labute approximate surface area is 130 Å². The fraction of sp³-hybridized carbons (Fsp3) is 0.500. The lowest BCUT2D eigenvalue weighted by molar-refractivity contribution is -0.119. The molecule has 0 fully saturated rings. The van der Waals surface area contributed by atoms with E-state index in [2.05, 4.69) is 6.92 Å². The van der Waals surface area contributed by atoms with E-state index in [1.165, 1.54) is 24.3 Å². The Bertz CT molecular complexity index is 543. The van der Waals surface area contributed by atoms with Gasteiger partial charge in [0.1, 0.15) is 5.75 Å². The summed E-state index contributed by atoms with van der Waals surface area (Å²) in [5, 5.41) is 0.468. The van der Waals surface area contributed by atoms with Crippen molar-refractivity contribution in [1.82, 2.24) is 4.72 Å². The first kappa shape index (κ1) is 17.8. The van der Waals surface area contributed by atoms with Gasteiger partial charge in [0.25, 0.3) is 0 Å². The van der Waals surface area contributed by atoms with Crippen molar-refractivity contribution in [3.63, 3.8) is 0 Å². The lowest BCUT2D eigenvalue weighted by Crippen LogP contribution is -2.33. The highest BCUT2D eigenvalue weighted by atomic mass is 35.5. The second kappa shape index (κ2) is 8.89. The molecule has 0 aromatic heterocycles. The average Bonchev–Trinajstić information content (AvgIpc) is 2.40. The van der Waals surface area contributed by atoms with E-state index >= 15 is 0 Å². The second-order valence-electron chi connectivity index (χ2n) is 4.68. The number of benzene rings is 1. The summed E-state index contributed by atoms with van der Waals surface area (Å²) in [6.45, 7) is 2.10. The van der Waals surface area contributed by atoms with Gasteiger partial charge in [0.05, 0.1) is 0 Å². The summed E-state index contributed by atoms with van der Waals surface area (Å²) >= 11 is 5.69. The molecule has 0 saturated carbocycles. The summed E-state index contributed by atoms with van der Waals surface area (Å²) < 4.78 is 29.9. The minimum Gasteiger partial charge on any atom is -0.367 e. The topological polar surface area (TPSA) is 72.5 Å². The van der Waals surface area contributed by atoms with Gasteiger partial charge in [0.15, 0.2) is 0 Å². The fourth-order valence-electron chi connectivity index (χ4n) is 1.72. The Morgan fingerprint density at radius 2 is 1.76 bits per heavy atom. The number of carbonyl (C=O) groups is 1. The summed E-state index contributed by atoms with van der Waals surface area (Å²) in [4.78, 5) is 11.5. The van der Waals surface area contributed by atoms with Crippen LogP contribution in [0.1, 0.15) is 45.4 Å². The van der Waals surface area contributed by atoms with Crippen LogP contribution < -0.4 is 8.91 Å². The van der Waals surface area contributed by atoms with Crippen molar-refractivity contribution in [3.8, 4) is 5.75 Å². The van der Waals surface area contributed by atoms with Crippen molar-refractivity contribution < 1.29 is 17.4 Å². The van der Waals surface area contributed by atoms with E-state index < -0.39 is 16.2 Å². The SMILES string of the molecule is CCCCCCCC(=O)NS(=O)(=O)Oc1ccc(Cl)cc1. The van der Waals surface area contributed by atoms with Crippen LogP contribution in [0, 0.1) is 0 Å². The third-order valence-electron chi connectivity index (χ3n) is 2.77. The molecular weight excluding hydrogens is 314 g/mol. The van der Waals surface area contributed by atoms with E-state index in [4.69, 9.17) is 15.8 Å². The molecule has 0 radical (unpaired) electrons. The summed E-state index contributed by atoms with van der Waals surface area (Å²) in [7, 11) is -4.14. The number of hydrogen-bond acceptors (Lipinski definition) is 4. The average molecular weight is 334 g/mol. The van der Waals surface area contributed by atoms with Gasteiger partial charge in [-0.1, -0.05) is 44.2 Å². The van der Waals surface area contributed by atoms with Gasteiger partial charge < -0.3 is 4.18 Å². The van der Waals surface area contributed by atoms with Crippen LogP contribution in [0.25, 0.3) is 0 Å². The molecule has 0 bridgehead atoms. The van der Waals surface area contributed by atoms with Gasteiger partial charge in [0.2, 0.25) is 5.91 Å². The minimum absolute atomic E-state index is 0.0997. The lowest BCUT2D eigenvalue weighted by Gasteiger charge is -2.08. The van der Waals surface area contributed by atoms with Crippen molar-refractivity contribution in [2.75, 3.05) is 0 Å². The molecule has 0 saturated heterocycles. The van der Waals surface area contributed by atoms with E-state index in [1.807, 2.05) is 4.72 Å². The first-order valence-electron chi connectivity index (χ1n) is 6.93. The lowest BCUT2D eigenvalue weighted by atomic mass is 10.1. The Kier molecular flexibility index (Phi) is 7.53. The van der Waals surface area contributed by atoms with Crippen molar-refractivity contribution in [2.24, 2.45) is 0 Å². The molecule has 0 heterocycles. The highest BCUT2D eigenvalue weighted by Gasteiger charge is 2.16. The molecule has 1 rings (SSSR count). The second-order valence-corrected chi connectivity index (χ2v) is 6.40. The monoisotopic (exact) mass is 333 g/mol. The Morgan fingerprint density at radius 3 is 2.38 bits per heavy atom. The van der Waals surface area contributed by atoms with Crippen LogP contribution in [0.15, 0.2) is 24.3 Å². The molecule has 0 atom stereocenters. The van der Waals surface area contributed by atoms with Crippen LogP contribution in [-0.2, 0) is 15.1 Å². The fourth-order valence-corrected chi connectivity index (χ4v) is 2.63. The highest BCUT2D eigenvalue weighted by molar-refractivity contribution is 7.85. The maximum Gasteiger partial charge on any atom is 0.409 e. The van der Waals surface area contributed by atoms with E-state index in [0.29, 0.717) is 11.4 Å². The summed E-state index contributed by atoms with van der Waals surface area (Å²) in [5.74, 6) is -0.455. The first-order chi connectivity index (χ1) is 9.93. The van der Waals surface area contributed by atoms with E-state index in [0.717, 1.165) is 25.7 Å². The number of rotatable bonds is 9. The minimum atomic E-state index is -4.14. The number of nitrogens with one attached hydrogen (secondary N) is 1. The summed E-state index contributed by atoms with van der Waals surface area (Å²) in [6.07, 6.45) is 5.06. The van der Waals surface area contributed by atoms with E-state index in [9.17, 15) is 13.2 Å². The van der Waals surface area contributed by atoms with Gasteiger partial charge in [-0.25, -0.2) is 4.72 Å². The van der Waals surface area contributed by atoms with Gasteiger partial charge in [-0.05, 0) is 30.7 Å². The highest BCUT2D eigenvalue weighted by Crippen LogP contribution is 2.16. The standard InChI is InChI=1S/C14H20ClNO4S/c1-2-3-4-5-6-7-14(17)16-21(18,19)20-13-10-8-12(15)9-11-13/h8-11H,2-7H2,1H3,(H,16,17). The van der Waals surface area contributed by atoms with Crippen molar-refractivity contribution in [1.29, 1.82) is 0 Å². The van der Waals surface area contributed by atoms with Crippen molar-refractivity contribution in [3.05, 3.63) is 29.3 Å². The Balaban J connectivity index is 2.37. The van der Waals surface area contributed by atoms with Crippen LogP contribution in [0.4, 0.5) is 0 Å². The first-order valence-corrected chi connectivity index (χ1v) is 8.72. The Morgan fingerprint density at radius 1 is 1.14 bits per heavy atom. The zero-order valence-corrected chi connectivity index (χ0v) is 13.5. The molecule has 5 nitrogen and oxygen atoms in total. The quantitative estimate of drug-likeness (QED) is 0.702. The maximum absolute atomic E-state index is 11.6. The van der Waals surface area contributed by atoms with Gasteiger partial charge in [-0.2, -0.15) is 8.42 Å². The largest absolute Gasteiger partial charge is 0.409 e. The number of halogens is 1. The maximum atomic E-state index is 11.6. The van der Waals surface area contributed by atoms with Crippen LogP contribution >= 0.6 is 11.6 Å². The molecule has 1 aromatic rings. The molecular formula is C14H20ClNO4S. The number of carbonyl (C=O) groups excluding carboxylic acids is 1. The molecule has 1 amide bonds. The van der Waals surface area contributed by atoms with Gasteiger partial charge >= 0.3 is 10.3 Å². The summed E-state index contributed by atoms with van der Waals surface area (Å²) in [6, 6.07) is 5.83. The third kappa shape index (κ3) is 7.92. The molecule has 21 heavy (non-hydrogen) atoms. The molecule has 1 aromatic carbocycles.